The normalized spacial score (nSPS) is 18.2. The van der Waals surface area contributed by atoms with Crippen LogP contribution in [0.2, 0.25) is 0 Å². The van der Waals surface area contributed by atoms with Gasteiger partial charge in [-0.25, -0.2) is 0 Å². The van der Waals surface area contributed by atoms with Crippen molar-refractivity contribution in [2.24, 2.45) is 0 Å². The molecule has 0 saturated carbocycles. The molecule has 1 rings (SSSR count). The van der Waals surface area contributed by atoms with Gasteiger partial charge in [0.15, 0.2) is 0 Å². The van der Waals surface area contributed by atoms with E-state index in [0.29, 0.717) is 4.71 Å². The molecule has 0 aliphatic carbocycles. The van der Waals surface area contributed by atoms with Crippen LogP contribution < -0.4 is 10.6 Å². The third-order valence-electron chi connectivity index (χ3n) is 3.89. The van der Waals surface area contributed by atoms with Crippen LogP contribution in [0.15, 0.2) is 22.2 Å². The third kappa shape index (κ3) is 9.04. The number of hydrogen-bond donors (Lipinski definition) is 2. The zero-order chi connectivity index (χ0) is 16.0. The van der Waals surface area contributed by atoms with Crippen LogP contribution in [-0.2, 0) is 0 Å². The van der Waals surface area contributed by atoms with E-state index in [4.69, 9.17) is 0 Å². The van der Waals surface area contributed by atoms with E-state index >= 15 is 0 Å². The molecule has 4 heteroatoms. The van der Waals surface area contributed by atoms with Gasteiger partial charge in [0, 0.05) is 18.4 Å². The van der Waals surface area contributed by atoms with E-state index in [1.165, 1.54) is 75.6 Å². The molecule has 0 aromatic rings. The summed E-state index contributed by atoms with van der Waals surface area (Å²) in [4.78, 5) is 0. The van der Waals surface area contributed by atoms with E-state index in [-0.39, 0.29) is 0 Å². The molecule has 0 amide bonds. The molecule has 0 bridgehead atoms. The molecule has 1 unspecified atom stereocenters. The van der Waals surface area contributed by atoms with Crippen molar-refractivity contribution in [3.8, 4) is 0 Å². The molecule has 0 aromatic heterocycles. The van der Waals surface area contributed by atoms with Gasteiger partial charge in [-0.1, -0.05) is 75.9 Å². The smallest absolute Gasteiger partial charge is 0.127 e. The van der Waals surface area contributed by atoms with Crippen molar-refractivity contribution in [3.05, 3.63) is 22.2 Å². The molecule has 2 nitrogen and oxygen atoms in total. The maximum Gasteiger partial charge on any atom is 0.127 e. The van der Waals surface area contributed by atoms with E-state index in [1.807, 2.05) is 30.6 Å². The fraction of sp³-hybridized carbons (Fsp3) is 0.778. The number of hydrogen-bond acceptors (Lipinski definition) is 4. The highest BCUT2D eigenvalue weighted by atomic mass is 32.2. The Bertz CT molecular complexity index is 340. The molecule has 128 valence electrons. The maximum absolute atomic E-state index is 3.64. The molecular weight excluding hydrogens is 308 g/mol. The summed E-state index contributed by atoms with van der Waals surface area (Å²) in [5.74, 6) is 0. The highest BCUT2D eigenvalue weighted by molar-refractivity contribution is 8.19. The van der Waals surface area contributed by atoms with Crippen molar-refractivity contribution >= 4 is 23.5 Å². The van der Waals surface area contributed by atoms with Gasteiger partial charge in [-0.3, -0.25) is 0 Å². The minimum absolute atomic E-state index is 0.458. The van der Waals surface area contributed by atoms with Gasteiger partial charge in [-0.05, 0) is 36.5 Å². The molecule has 1 aliphatic heterocycles. The van der Waals surface area contributed by atoms with Crippen LogP contribution in [0.25, 0.3) is 0 Å². The lowest BCUT2D eigenvalue weighted by molar-refractivity contribution is 0.649. The molecule has 0 aromatic carbocycles. The van der Waals surface area contributed by atoms with Gasteiger partial charge in [-0.2, -0.15) is 0 Å². The molecule has 22 heavy (non-hydrogen) atoms. The molecular formula is C18H34N2S2. The molecule has 2 N–H and O–H groups in total. The standard InChI is InChI=1S/C18H34N2S2/c1-4-6-8-10-12-16(19-3)14-21-18-20-17(15-22-18)13-11-9-7-5-2/h14-15,18-20H,4-13H2,1-3H3/b16-14-. The van der Waals surface area contributed by atoms with Gasteiger partial charge in [0.05, 0.1) is 0 Å². The Kier molecular flexibility index (Phi) is 11.9. The highest BCUT2D eigenvalue weighted by Gasteiger charge is 2.15. The fourth-order valence-electron chi connectivity index (χ4n) is 2.43. The van der Waals surface area contributed by atoms with E-state index in [0.717, 1.165) is 0 Å². The maximum atomic E-state index is 3.64. The highest BCUT2D eigenvalue weighted by Crippen LogP contribution is 2.32. The predicted octanol–water partition coefficient (Wildman–Crippen LogP) is 6.18. The van der Waals surface area contributed by atoms with Crippen molar-refractivity contribution in [2.45, 2.75) is 82.8 Å². The second-order valence-electron chi connectivity index (χ2n) is 5.91. The van der Waals surface area contributed by atoms with Crippen LogP contribution in [0.4, 0.5) is 0 Å². The molecule has 0 radical (unpaired) electrons. The lowest BCUT2D eigenvalue weighted by atomic mass is 10.1. The second kappa shape index (κ2) is 13.2. The van der Waals surface area contributed by atoms with E-state index in [9.17, 15) is 0 Å². The van der Waals surface area contributed by atoms with Crippen LogP contribution in [-0.4, -0.2) is 11.8 Å². The van der Waals surface area contributed by atoms with Crippen LogP contribution in [0.3, 0.4) is 0 Å². The number of allylic oxidation sites excluding steroid dienone is 2. The van der Waals surface area contributed by atoms with Crippen LogP contribution >= 0.6 is 23.5 Å². The quantitative estimate of drug-likeness (QED) is 0.390. The Morgan fingerprint density at radius 3 is 2.59 bits per heavy atom. The lowest BCUT2D eigenvalue weighted by Gasteiger charge is -2.12. The summed E-state index contributed by atoms with van der Waals surface area (Å²) in [7, 11) is 2.04. The first-order valence-electron chi connectivity index (χ1n) is 8.93. The number of nitrogens with one attached hydrogen (secondary N) is 2. The monoisotopic (exact) mass is 342 g/mol. The summed E-state index contributed by atoms with van der Waals surface area (Å²) < 4.78 is 0.458. The Labute approximate surface area is 146 Å². The van der Waals surface area contributed by atoms with Gasteiger partial charge < -0.3 is 10.6 Å². The predicted molar refractivity (Wildman–Crippen MR) is 105 cm³/mol. The van der Waals surface area contributed by atoms with Gasteiger partial charge in [0.2, 0.25) is 0 Å². The summed E-state index contributed by atoms with van der Waals surface area (Å²) in [5, 5.41) is 11.6. The average molecular weight is 343 g/mol. The average Bonchev–Trinajstić information content (AvgIpc) is 2.99. The largest absolute Gasteiger partial charge is 0.391 e. The first kappa shape index (κ1) is 19.8. The minimum atomic E-state index is 0.458. The minimum Gasteiger partial charge on any atom is -0.391 e. The Morgan fingerprint density at radius 1 is 1.18 bits per heavy atom. The Hall–Kier alpha value is -0.220. The van der Waals surface area contributed by atoms with Crippen LogP contribution in [0, 0.1) is 0 Å². The molecule has 0 fully saturated rings. The number of thioether (sulfide) groups is 2. The van der Waals surface area contributed by atoms with Crippen molar-refractivity contribution in [1.82, 2.24) is 10.6 Å². The first-order chi connectivity index (χ1) is 10.8. The van der Waals surface area contributed by atoms with Gasteiger partial charge in [0.25, 0.3) is 0 Å². The molecule has 0 spiro atoms. The van der Waals surface area contributed by atoms with Gasteiger partial charge in [0.1, 0.15) is 4.71 Å². The van der Waals surface area contributed by atoms with Crippen molar-refractivity contribution in [2.75, 3.05) is 7.05 Å². The number of rotatable bonds is 13. The van der Waals surface area contributed by atoms with Crippen molar-refractivity contribution in [1.29, 1.82) is 0 Å². The second-order valence-corrected chi connectivity index (χ2v) is 8.16. The van der Waals surface area contributed by atoms with E-state index in [2.05, 4.69) is 35.3 Å². The van der Waals surface area contributed by atoms with Crippen LogP contribution in [0.1, 0.15) is 78.1 Å². The molecule has 1 heterocycles. The van der Waals surface area contributed by atoms with Gasteiger partial charge >= 0.3 is 0 Å². The Morgan fingerprint density at radius 2 is 1.91 bits per heavy atom. The summed E-state index contributed by atoms with van der Waals surface area (Å²) >= 11 is 3.82. The van der Waals surface area contributed by atoms with E-state index < -0.39 is 0 Å². The van der Waals surface area contributed by atoms with Crippen molar-refractivity contribution in [3.63, 3.8) is 0 Å². The lowest BCUT2D eigenvalue weighted by Crippen LogP contribution is -2.16. The zero-order valence-corrected chi connectivity index (χ0v) is 16.3. The Balaban J connectivity index is 2.17. The summed E-state index contributed by atoms with van der Waals surface area (Å²) in [6.07, 6.45) is 13.1. The summed E-state index contributed by atoms with van der Waals surface area (Å²) in [6.45, 7) is 4.53. The topological polar surface area (TPSA) is 24.1 Å². The summed E-state index contributed by atoms with van der Waals surface area (Å²) in [5.41, 5.74) is 2.81. The number of unbranched alkanes of at least 4 members (excludes halogenated alkanes) is 6. The van der Waals surface area contributed by atoms with E-state index in [1.54, 1.807) is 0 Å². The summed E-state index contributed by atoms with van der Waals surface area (Å²) in [6, 6.07) is 0. The first-order valence-corrected chi connectivity index (χ1v) is 10.8. The zero-order valence-electron chi connectivity index (χ0n) is 14.6. The molecule has 1 aliphatic rings. The van der Waals surface area contributed by atoms with Crippen molar-refractivity contribution < 1.29 is 0 Å². The molecule has 1 atom stereocenters. The fourth-order valence-corrected chi connectivity index (χ4v) is 4.46. The van der Waals surface area contributed by atoms with Crippen LogP contribution in [0.5, 0.6) is 0 Å². The van der Waals surface area contributed by atoms with Gasteiger partial charge in [-0.15, -0.1) is 0 Å². The third-order valence-corrected chi connectivity index (χ3v) is 6.13. The SMILES string of the molecule is CCCCCCC1=CSC(S/C=C(/CCCCCC)NC)N1. The molecule has 0 saturated heterocycles.